The molecule has 8 heteroatoms. The van der Waals surface area contributed by atoms with Crippen LogP contribution in [-0.2, 0) is 0 Å². The van der Waals surface area contributed by atoms with E-state index in [0.717, 1.165) is 16.8 Å². The first kappa shape index (κ1) is 20.2. The molecule has 1 aliphatic rings. The molecule has 1 aliphatic heterocycles. The van der Waals surface area contributed by atoms with Gasteiger partial charge < -0.3 is 15.5 Å². The van der Waals surface area contributed by atoms with Gasteiger partial charge in [-0.2, -0.15) is 5.10 Å². The molecule has 1 unspecified atom stereocenters. The first-order valence-corrected chi connectivity index (χ1v) is 10.0. The quantitative estimate of drug-likeness (QED) is 0.586. The van der Waals surface area contributed by atoms with Gasteiger partial charge in [0.15, 0.2) is 0 Å². The summed E-state index contributed by atoms with van der Waals surface area (Å²) in [5.41, 5.74) is 6.26. The Labute approximate surface area is 183 Å². The highest BCUT2D eigenvalue weighted by atomic mass is 35.5. The molecule has 0 saturated carbocycles. The van der Waals surface area contributed by atoms with Gasteiger partial charge in [-0.25, -0.2) is 0 Å². The fourth-order valence-corrected chi connectivity index (χ4v) is 3.61. The summed E-state index contributed by atoms with van der Waals surface area (Å²) in [6.45, 7) is 0. The molecule has 1 atom stereocenters. The van der Waals surface area contributed by atoms with E-state index in [9.17, 15) is 4.79 Å². The topological polar surface area (TPSA) is 75.6 Å². The summed E-state index contributed by atoms with van der Waals surface area (Å²) in [6, 6.07) is 16.5. The molecule has 0 spiro atoms. The Bertz CT molecular complexity index is 1120. The van der Waals surface area contributed by atoms with Gasteiger partial charge in [-0.1, -0.05) is 35.3 Å². The summed E-state index contributed by atoms with van der Waals surface area (Å²) in [7, 11) is 1.56. The Morgan fingerprint density at radius 2 is 1.93 bits per heavy atom. The van der Waals surface area contributed by atoms with Crippen LogP contribution in [0.1, 0.15) is 34.1 Å². The third-order valence-electron chi connectivity index (χ3n) is 4.72. The number of carbonyl (C=O) groups excluding carboxylic acids is 1. The van der Waals surface area contributed by atoms with Crippen molar-refractivity contribution in [2.45, 2.75) is 12.5 Å². The van der Waals surface area contributed by atoms with Gasteiger partial charge in [-0.15, -0.1) is 0 Å². The molecule has 3 aromatic rings. The van der Waals surface area contributed by atoms with Crippen LogP contribution in [0.15, 0.2) is 65.9 Å². The number of hydrazone groups is 1. The van der Waals surface area contributed by atoms with Crippen molar-refractivity contribution >= 4 is 34.8 Å². The predicted molar refractivity (Wildman–Crippen MR) is 118 cm³/mol. The zero-order valence-corrected chi connectivity index (χ0v) is 17.5. The first-order valence-electron chi connectivity index (χ1n) is 9.27. The Hall–Kier alpha value is -3.09. The number of carbonyl (C=O) groups is 1. The molecule has 0 radical (unpaired) electrons. The van der Waals surface area contributed by atoms with E-state index in [1.807, 2.05) is 36.4 Å². The fraction of sp³-hybridized carbons (Fsp3) is 0.136. The molecule has 2 N–H and O–H groups in total. The zero-order valence-electron chi connectivity index (χ0n) is 16.0. The summed E-state index contributed by atoms with van der Waals surface area (Å²) < 4.78 is 5.84. The highest BCUT2D eigenvalue weighted by Gasteiger charge is 2.23. The Morgan fingerprint density at radius 1 is 1.13 bits per heavy atom. The molecule has 0 fully saturated rings. The van der Waals surface area contributed by atoms with E-state index in [4.69, 9.17) is 27.9 Å². The summed E-state index contributed by atoms with van der Waals surface area (Å²) in [4.78, 5) is 15.7. The highest BCUT2D eigenvalue weighted by molar-refractivity contribution is 6.42. The predicted octanol–water partition coefficient (Wildman–Crippen LogP) is 4.98. The molecule has 2 heterocycles. The number of benzene rings is 2. The lowest BCUT2D eigenvalue weighted by Crippen LogP contribution is -2.18. The van der Waals surface area contributed by atoms with Crippen molar-refractivity contribution in [2.75, 3.05) is 7.05 Å². The standard InChI is InChI=1S/C22H18Cl2N4O2/c1-25-22(29)20-11-15(9-10-26-20)30-14-7-5-13(6-8-14)18-12-19(28-27-18)16-3-2-4-17(23)21(16)24/h2-11,19,28H,12H2,1H3,(H,25,29). The smallest absolute Gasteiger partial charge is 0.269 e. The largest absolute Gasteiger partial charge is 0.457 e. The molecule has 30 heavy (non-hydrogen) atoms. The van der Waals surface area contributed by atoms with E-state index in [2.05, 4.69) is 20.8 Å². The minimum absolute atomic E-state index is 0.0259. The molecule has 6 nitrogen and oxygen atoms in total. The maximum absolute atomic E-state index is 11.7. The van der Waals surface area contributed by atoms with Gasteiger partial charge >= 0.3 is 0 Å². The zero-order chi connectivity index (χ0) is 21.1. The Balaban J connectivity index is 1.44. The molecule has 1 aromatic heterocycles. The van der Waals surface area contributed by atoms with Crippen LogP contribution in [0, 0.1) is 0 Å². The van der Waals surface area contributed by atoms with Gasteiger partial charge in [0.05, 0.1) is 21.8 Å². The van der Waals surface area contributed by atoms with Gasteiger partial charge in [0.1, 0.15) is 17.2 Å². The van der Waals surface area contributed by atoms with Crippen molar-refractivity contribution in [3.8, 4) is 11.5 Å². The van der Waals surface area contributed by atoms with Crippen LogP contribution < -0.4 is 15.5 Å². The minimum atomic E-state index is -0.267. The van der Waals surface area contributed by atoms with Crippen molar-refractivity contribution in [1.82, 2.24) is 15.7 Å². The third kappa shape index (κ3) is 4.25. The van der Waals surface area contributed by atoms with E-state index >= 15 is 0 Å². The SMILES string of the molecule is CNC(=O)c1cc(Oc2ccc(C3=NNC(c4cccc(Cl)c4Cl)C3)cc2)ccn1. The van der Waals surface area contributed by atoms with E-state index in [1.54, 1.807) is 25.2 Å². The van der Waals surface area contributed by atoms with Crippen molar-refractivity contribution in [3.05, 3.63) is 87.7 Å². The molecule has 152 valence electrons. The average molecular weight is 441 g/mol. The fourth-order valence-electron chi connectivity index (χ4n) is 3.17. The van der Waals surface area contributed by atoms with Crippen molar-refractivity contribution in [1.29, 1.82) is 0 Å². The highest BCUT2D eigenvalue weighted by Crippen LogP contribution is 2.34. The van der Waals surface area contributed by atoms with Crippen LogP contribution >= 0.6 is 23.2 Å². The first-order chi connectivity index (χ1) is 14.5. The molecule has 2 aromatic carbocycles. The van der Waals surface area contributed by atoms with Crippen LogP contribution in [0.3, 0.4) is 0 Å². The number of aromatic nitrogens is 1. The van der Waals surface area contributed by atoms with Gasteiger partial charge in [0, 0.05) is 25.7 Å². The second-order valence-electron chi connectivity index (χ2n) is 6.67. The summed E-state index contributed by atoms with van der Waals surface area (Å²) in [5.74, 6) is 0.914. The van der Waals surface area contributed by atoms with Crippen LogP contribution in [-0.4, -0.2) is 23.7 Å². The molecule has 4 rings (SSSR count). The summed E-state index contributed by atoms with van der Waals surface area (Å²) in [5, 5.41) is 8.08. The average Bonchev–Trinajstić information content (AvgIpc) is 3.26. The molecule has 0 bridgehead atoms. The number of hydrogen-bond acceptors (Lipinski definition) is 5. The number of hydrogen-bond donors (Lipinski definition) is 2. The van der Waals surface area contributed by atoms with Crippen molar-refractivity contribution < 1.29 is 9.53 Å². The van der Waals surface area contributed by atoms with Crippen LogP contribution in [0.2, 0.25) is 10.0 Å². The second kappa shape index (κ2) is 8.73. The van der Waals surface area contributed by atoms with Gasteiger partial charge in [0.2, 0.25) is 0 Å². The number of ether oxygens (including phenoxy) is 1. The second-order valence-corrected chi connectivity index (χ2v) is 7.45. The molecule has 0 aliphatic carbocycles. The van der Waals surface area contributed by atoms with E-state index in [-0.39, 0.29) is 11.9 Å². The lowest BCUT2D eigenvalue weighted by Gasteiger charge is -2.13. The van der Waals surface area contributed by atoms with E-state index in [1.165, 1.54) is 6.20 Å². The molecule has 1 amide bonds. The van der Waals surface area contributed by atoms with Crippen LogP contribution in [0.25, 0.3) is 0 Å². The molecular weight excluding hydrogens is 423 g/mol. The monoisotopic (exact) mass is 440 g/mol. The van der Waals surface area contributed by atoms with Gasteiger partial charge in [0.25, 0.3) is 5.91 Å². The van der Waals surface area contributed by atoms with Crippen LogP contribution in [0.4, 0.5) is 0 Å². The number of nitrogens with one attached hydrogen (secondary N) is 2. The lowest BCUT2D eigenvalue weighted by molar-refractivity contribution is 0.0958. The minimum Gasteiger partial charge on any atom is -0.457 e. The number of rotatable bonds is 5. The normalized spacial score (nSPS) is 15.3. The van der Waals surface area contributed by atoms with Gasteiger partial charge in [-0.05, 0) is 47.5 Å². The summed E-state index contributed by atoms with van der Waals surface area (Å²) >= 11 is 12.5. The number of halogens is 2. The number of amides is 1. The van der Waals surface area contributed by atoms with Crippen molar-refractivity contribution in [2.24, 2.45) is 5.10 Å². The van der Waals surface area contributed by atoms with E-state index in [0.29, 0.717) is 33.7 Å². The Morgan fingerprint density at radius 3 is 2.70 bits per heavy atom. The Kier molecular flexibility index (Phi) is 5.88. The number of nitrogens with zero attached hydrogens (tertiary/aromatic N) is 2. The lowest BCUT2D eigenvalue weighted by atomic mass is 9.99. The van der Waals surface area contributed by atoms with E-state index < -0.39 is 0 Å². The number of pyridine rings is 1. The third-order valence-corrected chi connectivity index (χ3v) is 5.56. The van der Waals surface area contributed by atoms with Gasteiger partial charge in [-0.3, -0.25) is 9.78 Å². The molecular formula is C22H18Cl2N4O2. The van der Waals surface area contributed by atoms with Crippen molar-refractivity contribution in [3.63, 3.8) is 0 Å². The van der Waals surface area contributed by atoms with Crippen LogP contribution in [0.5, 0.6) is 11.5 Å². The maximum atomic E-state index is 11.7. The summed E-state index contributed by atoms with van der Waals surface area (Å²) in [6.07, 6.45) is 2.23. The maximum Gasteiger partial charge on any atom is 0.269 e. The molecule has 0 saturated heterocycles.